The third kappa shape index (κ3) is 4.02. The second-order valence-electron chi connectivity index (χ2n) is 5.28. The summed E-state index contributed by atoms with van der Waals surface area (Å²) in [4.78, 5) is 0. The van der Waals surface area contributed by atoms with E-state index in [1.807, 2.05) is 19.2 Å². The number of nitrogens with one attached hydrogen (secondary N) is 2. The van der Waals surface area contributed by atoms with E-state index in [9.17, 15) is 8.42 Å². The van der Waals surface area contributed by atoms with Crippen molar-refractivity contribution >= 4 is 21.4 Å². The molecular weight excluding hydrogens is 296 g/mol. The quantitative estimate of drug-likeness (QED) is 0.803. The lowest BCUT2D eigenvalue weighted by atomic mass is 10.0. The zero-order valence-electron chi connectivity index (χ0n) is 11.9. The van der Waals surface area contributed by atoms with Gasteiger partial charge in [-0.15, -0.1) is 11.3 Å². The topological polar surface area (TPSA) is 67.4 Å². The fourth-order valence-corrected chi connectivity index (χ4v) is 4.56. The summed E-state index contributed by atoms with van der Waals surface area (Å²) in [6.45, 7) is 6.58. The van der Waals surface area contributed by atoms with Crippen LogP contribution in [0.15, 0.2) is 15.7 Å². The lowest BCUT2D eigenvalue weighted by Crippen LogP contribution is -2.39. The van der Waals surface area contributed by atoms with Gasteiger partial charge < -0.3 is 10.1 Å². The predicted octanol–water partition coefficient (Wildman–Crippen LogP) is 1.70. The van der Waals surface area contributed by atoms with E-state index in [1.165, 1.54) is 11.3 Å². The fourth-order valence-electron chi connectivity index (χ4n) is 2.15. The maximum Gasteiger partial charge on any atom is 0.250 e. The Morgan fingerprint density at radius 2 is 2.30 bits per heavy atom. The average molecular weight is 318 g/mol. The Hall–Kier alpha value is -0.470. The van der Waals surface area contributed by atoms with Crippen molar-refractivity contribution in [1.29, 1.82) is 0 Å². The molecule has 1 atom stereocenters. The number of hydrogen-bond donors (Lipinski definition) is 2. The van der Waals surface area contributed by atoms with Crippen LogP contribution in [0.2, 0.25) is 0 Å². The van der Waals surface area contributed by atoms with Gasteiger partial charge in [-0.25, -0.2) is 13.1 Å². The first kappa shape index (κ1) is 15.9. The van der Waals surface area contributed by atoms with E-state index in [2.05, 4.69) is 10.0 Å². The summed E-state index contributed by atoms with van der Waals surface area (Å²) in [5.41, 5.74) is 0.636. The number of thiophene rings is 1. The first-order valence-corrected chi connectivity index (χ1v) is 9.23. The van der Waals surface area contributed by atoms with Crippen LogP contribution in [0.5, 0.6) is 0 Å². The Kier molecular flexibility index (Phi) is 5.19. The van der Waals surface area contributed by atoms with Gasteiger partial charge in [0.05, 0.1) is 5.60 Å². The summed E-state index contributed by atoms with van der Waals surface area (Å²) in [6.07, 6.45) is 1.88. The van der Waals surface area contributed by atoms with Crippen molar-refractivity contribution in [3.63, 3.8) is 0 Å². The molecule has 1 saturated heterocycles. The van der Waals surface area contributed by atoms with Gasteiger partial charge in [-0.2, -0.15) is 0 Å². The highest BCUT2D eigenvalue weighted by Crippen LogP contribution is 2.25. The normalized spacial score (nSPS) is 23.3. The van der Waals surface area contributed by atoms with Gasteiger partial charge in [0, 0.05) is 19.7 Å². The molecule has 1 aliphatic rings. The minimum atomic E-state index is -3.43. The van der Waals surface area contributed by atoms with Crippen molar-refractivity contribution in [1.82, 2.24) is 10.0 Å². The molecule has 2 rings (SSSR count). The van der Waals surface area contributed by atoms with Crippen LogP contribution in [0, 0.1) is 0 Å². The zero-order valence-corrected chi connectivity index (χ0v) is 13.6. The summed E-state index contributed by atoms with van der Waals surface area (Å²) < 4.78 is 33.1. The van der Waals surface area contributed by atoms with Crippen molar-refractivity contribution in [3.05, 3.63) is 17.0 Å². The Morgan fingerprint density at radius 1 is 1.50 bits per heavy atom. The minimum absolute atomic E-state index is 0.329. The van der Waals surface area contributed by atoms with E-state index in [4.69, 9.17) is 4.74 Å². The van der Waals surface area contributed by atoms with E-state index in [-0.39, 0.29) is 5.60 Å². The molecule has 0 spiro atoms. The lowest BCUT2D eigenvalue weighted by Gasteiger charge is -2.22. The number of rotatable bonds is 7. The largest absolute Gasteiger partial charge is 0.374 e. The van der Waals surface area contributed by atoms with E-state index < -0.39 is 10.0 Å². The van der Waals surface area contributed by atoms with Crippen LogP contribution in [0.3, 0.4) is 0 Å². The summed E-state index contributed by atoms with van der Waals surface area (Å²) in [5.74, 6) is 0. The molecule has 1 aromatic heterocycles. The molecule has 0 amide bonds. The first-order chi connectivity index (χ1) is 9.45. The standard InChI is InChI=1S/C13H22N2O3S2/c1-3-14-8-11-7-12(19-9-11)20(16,17)15-10-13(2)5-4-6-18-13/h7,9,14-15H,3-6,8,10H2,1-2H3. The average Bonchev–Trinajstić information content (AvgIpc) is 3.04. The zero-order chi connectivity index (χ0) is 14.6. The van der Waals surface area contributed by atoms with E-state index in [0.29, 0.717) is 23.9 Å². The van der Waals surface area contributed by atoms with Crippen LogP contribution < -0.4 is 10.0 Å². The highest BCUT2D eigenvalue weighted by molar-refractivity contribution is 7.91. The maximum absolute atomic E-state index is 12.2. The molecule has 2 heterocycles. The Labute approximate surface area is 124 Å². The molecule has 5 nitrogen and oxygen atoms in total. The molecule has 114 valence electrons. The summed E-state index contributed by atoms with van der Waals surface area (Å²) >= 11 is 1.26. The van der Waals surface area contributed by atoms with Crippen molar-refractivity contribution < 1.29 is 13.2 Å². The molecule has 1 fully saturated rings. The van der Waals surface area contributed by atoms with Gasteiger partial charge >= 0.3 is 0 Å². The van der Waals surface area contributed by atoms with Crippen LogP contribution >= 0.6 is 11.3 Å². The molecule has 2 N–H and O–H groups in total. The van der Waals surface area contributed by atoms with Gasteiger partial charge in [0.15, 0.2) is 0 Å². The summed E-state index contributed by atoms with van der Waals surface area (Å²) in [7, 11) is -3.43. The van der Waals surface area contributed by atoms with Crippen LogP contribution in [0.1, 0.15) is 32.3 Å². The highest BCUT2D eigenvalue weighted by atomic mass is 32.2. The van der Waals surface area contributed by atoms with Crippen LogP contribution in [-0.4, -0.2) is 33.7 Å². The van der Waals surface area contributed by atoms with Crippen molar-refractivity contribution in [2.45, 2.75) is 43.0 Å². The van der Waals surface area contributed by atoms with Crippen LogP contribution in [0.4, 0.5) is 0 Å². The molecular formula is C13H22N2O3S2. The van der Waals surface area contributed by atoms with Crippen molar-refractivity contribution in [2.75, 3.05) is 19.7 Å². The second kappa shape index (κ2) is 6.53. The van der Waals surface area contributed by atoms with Gasteiger partial charge in [0.1, 0.15) is 4.21 Å². The molecule has 0 radical (unpaired) electrons. The first-order valence-electron chi connectivity index (χ1n) is 6.87. The molecule has 0 bridgehead atoms. The minimum Gasteiger partial charge on any atom is -0.374 e. The summed E-state index contributed by atoms with van der Waals surface area (Å²) in [5, 5.41) is 5.06. The molecule has 20 heavy (non-hydrogen) atoms. The van der Waals surface area contributed by atoms with E-state index in [1.54, 1.807) is 6.07 Å². The van der Waals surface area contributed by atoms with Crippen LogP contribution in [-0.2, 0) is 21.3 Å². The highest BCUT2D eigenvalue weighted by Gasteiger charge is 2.31. The lowest BCUT2D eigenvalue weighted by molar-refractivity contribution is 0.0250. The monoisotopic (exact) mass is 318 g/mol. The Bertz CT molecular complexity index is 534. The third-order valence-corrected chi connectivity index (χ3v) is 6.30. The maximum atomic E-state index is 12.2. The van der Waals surface area contributed by atoms with Gasteiger partial charge in [-0.3, -0.25) is 0 Å². The molecule has 1 aromatic rings. The fraction of sp³-hybridized carbons (Fsp3) is 0.692. The Morgan fingerprint density at radius 3 is 2.95 bits per heavy atom. The third-order valence-electron chi connectivity index (χ3n) is 3.41. The number of ether oxygens (including phenoxy) is 1. The van der Waals surface area contributed by atoms with Gasteiger partial charge in [0.25, 0.3) is 0 Å². The van der Waals surface area contributed by atoms with Gasteiger partial charge in [0.2, 0.25) is 10.0 Å². The SMILES string of the molecule is CCNCc1csc(S(=O)(=O)NCC2(C)CCCO2)c1. The van der Waals surface area contributed by atoms with E-state index >= 15 is 0 Å². The van der Waals surface area contributed by atoms with Crippen LogP contribution in [0.25, 0.3) is 0 Å². The van der Waals surface area contributed by atoms with Crippen molar-refractivity contribution in [2.24, 2.45) is 0 Å². The smallest absolute Gasteiger partial charge is 0.250 e. The second-order valence-corrected chi connectivity index (χ2v) is 8.19. The number of sulfonamides is 1. The van der Waals surface area contributed by atoms with Gasteiger partial charge in [-0.1, -0.05) is 6.92 Å². The molecule has 0 aromatic carbocycles. The van der Waals surface area contributed by atoms with Crippen molar-refractivity contribution in [3.8, 4) is 0 Å². The molecule has 0 saturated carbocycles. The van der Waals surface area contributed by atoms with E-state index in [0.717, 1.165) is 24.9 Å². The molecule has 0 aliphatic carbocycles. The Balaban J connectivity index is 1.97. The molecule has 1 unspecified atom stereocenters. The molecule has 1 aliphatic heterocycles. The molecule has 7 heteroatoms. The van der Waals surface area contributed by atoms with Gasteiger partial charge in [-0.05, 0) is 43.3 Å². The summed E-state index contributed by atoms with van der Waals surface area (Å²) in [6, 6.07) is 1.73. The predicted molar refractivity (Wildman–Crippen MR) is 80.5 cm³/mol. The number of hydrogen-bond acceptors (Lipinski definition) is 5.